The van der Waals surface area contributed by atoms with E-state index in [9.17, 15) is 9.59 Å². The third-order valence-corrected chi connectivity index (χ3v) is 4.42. The van der Waals surface area contributed by atoms with Gasteiger partial charge in [-0.05, 0) is 43.5 Å². The van der Waals surface area contributed by atoms with Crippen molar-refractivity contribution in [1.82, 2.24) is 10.3 Å². The largest absolute Gasteiger partial charge is 0.431 e. The van der Waals surface area contributed by atoms with Gasteiger partial charge in [-0.1, -0.05) is 11.3 Å². The van der Waals surface area contributed by atoms with E-state index in [1.165, 1.54) is 18.4 Å². The second kappa shape index (κ2) is 6.58. The number of imide groups is 1. The smallest absolute Gasteiger partial charge is 0.325 e. The van der Waals surface area contributed by atoms with Gasteiger partial charge in [-0.25, -0.2) is 9.78 Å². The first kappa shape index (κ1) is 16.4. The van der Waals surface area contributed by atoms with E-state index in [0.717, 1.165) is 5.56 Å². The van der Waals surface area contributed by atoms with Crippen molar-refractivity contribution in [3.8, 4) is 10.9 Å². The van der Waals surface area contributed by atoms with Gasteiger partial charge in [0.25, 0.3) is 11.1 Å². The van der Waals surface area contributed by atoms with Crippen molar-refractivity contribution in [1.29, 1.82) is 0 Å². The second-order valence-electron chi connectivity index (χ2n) is 5.49. The van der Waals surface area contributed by atoms with Crippen molar-refractivity contribution in [2.24, 2.45) is 0 Å². The van der Waals surface area contributed by atoms with Gasteiger partial charge in [0.1, 0.15) is 11.4 Å². The standard InChI is InChI=1S/C16H17N3O4S/c1-10-9-11(3-4-12(10)23-15-17-7-8-24-15)18-14(21)19-13(20)16(22-2)5-6-16/h3-4,7-9H,5-6H2,1-2H3,(H2,18,19,20,21). The Kier molecular flexibility index (Phi) is 4.50. The predicted molar refractivity (Wildman–Crippen MR) is 89.5 cm³/mol. The monoisotopic (exact) mass is 347 g/mol. The molecule has 8 heteroatoms. The molecule has 1 aromatic heterocycles. The minimum atomic E-state index is -0.835. The normalized spacial score (nSPS) is 14.8. The molecule has 1 heterocycles. The van der Waals surface area contributed by atoms with Crippen LogP contribution in [0.25, 0.3) is 0 Å². The Labute approximate surface area is 143 Å². The summed E-state index contributed by atoms with van der Waals surface area (Å²) >= 11 is 1.40. The summed E-state index contributed by atoms with van der Waals surface area (Å²) < 4.78 is 10.8. The van der Waals surface area contributed by atoms with Crippen molar-refractivity contribution in [3.05, 3.63) is 35.3 Å². The third kappa shape index (κ3) is 3.55. The number of anilines is 1. The molecule has 0 aliphatic heterocycles. The molecule has 1 aliphatic rings. The first-order valence-electron chi connectivity index (χ1n) is 7.38. The molecule has 2 aromatic rings. The number of carbonyl (C=O) groups excluding carboxylic acids is 2. The van der Waals surface area contributed by atoms with Gasteiger partial charge in [0, 0.05) is 24.4 Å². The quantitative estimate of drug-likeness (QED) is 0.867. The van der Waals surface area contributed by atoms with E-state index in [0.29, 0.717) is 29.5 Å². The zero-order valence-corrected chi connectivity index (χ0v) is 14.1. The molecule has 0 atom stereocenters. The summed E-state index contributed by atoms with van der Waals surface area (Å²) in [4.78, 5) is 27.9. The van der Waals surface area contributed by atoms with Crippen molar-refractivity contribution >= 4 is 29.0 Å². The summed E-state index contributed by atoms with van der Waals surface area (Å²) in [5.41, 5.74) is 0.565. The van der Waals surface area contributed by atoms with Crippen LogP contribution in [0.1, 0.15) is 18.4 Å². The second-order valence-corrected chi connectivity index (χ2v) is 6.34. The zero-order chi connectivity index (χ0) is 17.2. The molecule has 126 valence electrons. The van der Waals surface area contributed by atoms with Crippen LogP contribution in [-0.2, 0) is 9.53 Å². The molecule has 0 bridgehead atoms. The number of carbonyl (C=O) groups is 2. The Morgan fingerprint density at radius 3 is 2.71 bits per heavy atom. The molecule has 3 amide bonds. The van der Waals surface area contributed by atoms with E-state index >= 15 is 0 Å². The highest BCUT2D eigenvalue weighted by Gasteiger charge is 2.51. The molecule has 1 aliphatic carbocycles. The van der Waals surface area contributed by atoms with Crippen molar-refractivity contribution < 1.29 is 19.1 Å². The highest BCUT2D eigenvalue weighted by Crippen LogP contribution is 2.38. The van der Waals surface area contributed by atoms with E-state index in [1.54, 1.807) is 24.4 Å². The van der Waals surface area contributed by atoms with Crippen molar-refractivity contribution in [2.75, 3.05) is 12.4 Å². The van der Waals surface area contributed by atoms with E-state index in [1.807, 2.05) is 12.3 Å². The number of benzene rings is 1. The van der Waals surface area contributed by atoms with Gasteiger partial charge in [0.2, 0.25) is 0 Å². The fraction of sp³-hybridized carbons (Fsp3) is 0.312. The lowest BCUT2D eigenvalue weighted by atomic mass is 10.2. The maximum Gasteiger partial charge on any atom is 0.325 e. The number of ether oxygens (including phenoxy) is 2. The molecule has 2 N–H and O–H groups in total. The van der Waals surface area contributed by atoms with Crippen LogP contribution in [0.4, 0.5) is 10.5 Å². The molecule has 24 heavy (non-hydrogen) atoms. The molecule has 0 saturated heterocycles. The Balaban J connectivity index is 1.60. The lowest BCUT2D eigenvalue weighted by Gasteiger charge is -2.13. The van der Waals surface area contributed by atoms with Crippen LogP contribution < -0.4 is 15.4 Å². The molecule has 0 radical (unpaired) electrons. The van der Waals surface area contributed by atoms with E-state index in [-0.39, 0.29) is 0 Å². The number of hydrogen-bond acceptors (Lipinski definition) is 6. The van der Waals surface area contributed by atoms with E-state index in [4.69, 9.17) is 9.47 Å². The number of nitrogens with zero attached hydrogens (tertiary/aromatic N) is 1. The third-order valence-electron chi connectivity index (χ3n) is 3.78. The number of aryl methyl sites for hydroxylation is 1. The summed E-state index contributed by atoms with van der Waals surface area (Å²) in [7, 11) is 1.47. The van der Waals surface area contributed by atoms with Crippen molar-refractivity contribution in [3.63, 3.8) is 0 Å². The molecule has 7 nitrogen and oxygen atoms in total. The van der Waals surface area contributed by atoms with Gasteiger partial charge in [0.05, 0.1) is 0 Å². The lowest BCUT2D eigenvalue weighted by molar-refractivity contribution is -0.132. The topological polar surface area (TPSA) is 89.5 Å². The molecule has 0 unspecified atom stereocenters. The predicted octanol–water partition coefficient (Wildman–Crippen LogP) is 3.07. The summed E-state index contributed by atoms with van der Waals surface area (Å²) in [5.74, 6) is 0.242. The number of methoxy groups -OCH3 is 1. The van der Waals surface area contributed by atoms with E-state index < -0.39 is 17.5 Å². The number of hydrogen-bond donors (Lipinski definition) is 2. The van der Waals surface area contributed by atoms with Crippen LogP contribution >= 0.6 is 11.3 Å². The highest BCUT2D eigenvalue weighted by atomic mass is 32.1. The van der Waals surface area contributed by atoms with Crippen LogP contribution in [0.5, 0.6) is 10.9 Å². The summed E-state index contributed by atoms with van der Waals surface area (Å²) in [6, 6.07) is 4.61. The van der Waals surface area contributed by atoms with Gasteiger partial charge >= 0.3 is 6.03 Å². The molecule has 3 rings (SSSR count). The Morgan fingerprint density at radius 1 is 1.33 bits per heavy atom. The Morgan fingerprint density at radius 2 is 2.12 bits per heavy atom. The number of rotatable bonds is 5. The summed E-state index contributed by atoms with van der Waals surface area (Å²) in [5, 5.41) is 7.31. The fourth-order valence-corrected chi connectivity index (χ4v) is 2.71. The molecule has 1 fully saturated rings. The van der Waals surface area contributed by atoms with Crippen LogP contribution in [0.3, 0.4) is 0 Å². The van der Waals surface area contributed by atoms with Crippen LogP contribution in [0, 0.1) is 6.92 Å². The fourth-order valence-electron chi connectivity index (χ4n) is 2.21. The first-order valence-corrected chi connectivity index (χ1v) is 8.26. The minimum Gasteiger partial charge on any atom is -0.431 e. The number of urea groups is 1. The molecule has 1 saturated carbocycles. The number of amides is 3. The van der Waals surface area contributed by atoms with Gasteiger partial charge in [-0.3, -0.25) is 10.1 Å². The van der Waals surface area contributed by atoms with Gasteiger partial charge < -0.3 is 14.8 Å². The van der Waals surface area contributed by atoms with Gasteiger partial charge in [-0.2, -0.15) is 0 Å². The Hall–Kier alpha value is -2.45. The van der Waals surface area contributed by atoms with E-state index in [2.05, 4.69) is 15.6 Å². The maximum absolute atomic E-state index is 11.9. The highest BCUT2D eigenvalue weighted by molar-refractivity contribution is 7.11. The summed E-state index contributed by atoms with van der Waals surface area (Å²) in [6.45, 7) is 1.86. The molecule has 0 spiro atoms. The average Bonchev–Trinajstić information content (AvgIpc) is 3.19. The van der Waals surface area contributed by atoms with Crippen LogP contribution in [-0.4, -0.2) is 29.6 Å². The average molecular weight is 347 g/mol. The number of nitrogens with one attached hydrogen (secondary N) is 2. The maximum atomic E-state index is 11.9. The molecular formula is C16H17N3O4S. The first-order chi connectivity index (χ1) is 11.5. The summed E-state index contributed by atoms with van der Waals surface area (Å²) in [6.07, 6.45) is 2.92. The van der Waals surface area contributed by atoms with Crippen LogP contribution in [0.15, 0.2) is 29.8 Å². The van der Waals surface area contributed by atoms with Gasteiger partial charge in [0.15, 0.2) is 0 Å². The Bertz CT molecular complexity index is 757. The minimum absolute atomic E-state index is 0.414. The van der Waals surface area contributed by atoms with Gasteiger partial charge in [-0.15, -0.1) is 0 Å². The molecular weight excluding hydrogens is 330 g/mol. The number of aromatic nitrogens is 1. The van der Waals surface area contributed by atoms with Crippen molar-refractivity contribution in [2.45, 2.75) is 25.4 Å². The zero-order valence-electron chi connectivity index (χ0n) is 13.3. The SMILES string of the molecule is COC1(C(=O)NC(=O)Nc2ccc(Oc3nccs3)c(C)c2)CC1. The molecule has 1 aromatic carbocycles. The van der Waals surface area contributed by atoms with Crippen LogP contribution in [0.2, 0.25) is 0 Å². The number of thiazole rings is 1. The lowest BCUT2D eigenvalue weighted by Crippen LogP contribution is -2.43.